The molecule has 0 saturated heterocycles. The van der Waals surface area contributed by atoms with Crippen molar-refractivity contribution in [3.8, 4) is 11.9 Å². The van der Waals surface area contributed by atoms with E-state index in [0.29, 0.717) is 5.82 Å². The van der Waals surface area contributed by atoms with Gasteiger partial charge in [-0.1, -0.05) is 11.6 Å². The van der Waals surface area contributed by atoms with Crippen LogP contribution in [0.15, 0.2) is 24.5 Å². The number of hydrogen-bond acceptors (Lipinski definition) is 6. The van der Waals surface area contributed by atoms with Gasteiger partial charge in [0.05, 0.1) is 19.9 Å². The average Bonchev–Trinajstić information content (AvgIpc) is 2.52. The molecule has 124 valence electrons. The molecule has 6 nitrogen and oxygen atoms in total. The summed E-state index contributed by atoms with van der Waals surface area (Å²) >= 11 is 5.89. The standard InChI is InChI=1S/C13H12ClF3N4O2/c1-22-12-20-7-9(14)10(21-12)18-5-6-23-11-8(13(15,16)17)3-2-4-19-11/h2-4,7H,5-6H2,1H3,(H,18,20,21). The van der Waals surface area contributed by atoms with Crippen molar-refractivity contribution in [1.29, 1.82) is 0 Å². The van der Waals surface area contributed by atoms with Crippen molar-refractivity contribution in [3.63, 3.8) is 0 Å². The van der Waals surface area contributed by atoms with E-state index in [1.54, 1.807) is 0 Å². The maximum atomic E-state index is 12.8. The van der Waals surface area contributed by atoms with E-state index in [1.165, 1.54) is 25.6 Å². The third-order valence-corrected chi connectivity index (χ3v) is 2.89. The lowest BCUT2D eigenvalue weighted by atomic mass is 10.2. The highest BCUT2D eigenvalue weighted by molar-refractivity contribution is 6.32. The van der Waals surface area contributed by atoms with E-state index in [1.807, 2.05) is 0 Å². The number of alkyl halides is 3. The molecule has 2 rings (SSSR count). The van der Waals surface area contributed by atoms with Crippen molar-refractivity contribution in [2.45, 2.75) is 6.18 Å². The van der Waals surface area contributed by atoms with Gasteiger partial charge in [0.1, 0.15) is 17.2 Å². The summed E-state index contributed by atoms with van der Waals surface area (Å²) in [4.78, 5) is 11.4. The fourth-order valence-electron chi connectivity index (χ4n) is 1.61. The summed E-state index contributed by atoms with van der Waals surface area (Å²) < 4.78 is 48.2. The molecule has 10 heteroatoms. The Bertz CT molecular complexity index is 670. The van der Waals surface area contributed by atoms with Crippen LogP contribution in [0, 0.1) is 0 Å². The quantitative estimate of drug-likeness (QED) is 0.809. The summed E-state index contributed by atoms with van der Waals surface area (Å²) in [6, 6.07) is 2.21. The molecule has 0 atom stereocenters. The maximum Gasteiger partial charge on any atom is 0.421 e. The molecule has 0 fully saturated rings. The third kappa shape index (κ3) is 4.59. The normalized spacial score (nSPS) is 11.2. The van der Waals surface area contributed by atoms with Crippen molar-refractivity contribution in [3.05, 3.63) is 35.1 Å². The Morgan fingerprint density at radius 1 is 1.30 bits per heavy atom. The highest BCUT2D eigenvalue weighted by Crippen LogP contribution is 2.34. The van der Waals surface area contributed by atoms with Crippen LogP contribution in [0.2, 0.25) is 5.02 Å². The molecular formula is C13H12ClF3N4O2. The Balaban J connectivity index is 1.94. The minimum Gasteiger partial charge on any atom is -0.475 e. The van der Waals surface area contributed by atoms with Crippen molar-refractivity contribution in [2.24, 2.45) is 0 Å². The Morgan fingerprint density at radius 2 is 2.09 bits per heavy atom. The maximum absolute atomic E-state index is 12.8. The van der Waals surface area contributed by atoms with Gasteiger partial charge in [0, 0.05) is 6.20 Å². The summed E-state index contributed by atoms with van der Waals surface area (Å²) in [6.45, 7) is 0.0937. The zero-order chi connectivity index (χ0) is 16.9. The molecule has 0 spiro atoms. The van der Waals surface area contributed by atoms with Crippen LogP contribution in [0.5, 0.6) is 11.9 Å². The van der Waals surface area contributed by atoms with Crippen LogP contribution in [0.25, 0.3) is 0 Å². The van der Waals surface area contributed by atoms with Crippen molar-refractivity contribution >= 4 is 17.4 Å². The Morgan fingerprint density at radius 3 is 2.78 bits per heavy atom. The van der Waals surface area contributed by atoms with Crippen LogP contribution >= 0.6 is 11.6 Å². The van der Waals surface area contributed by atoms with Gasteiger partial charge in [-0.25, -0.2) is 9.97 Å². The molecule has 1 N–H and O–H groups in total. The second kappa shape index (κ2) is 7.32. The summed E-state index contributed by atoms with van der Waals surface area (Å²) in [5.41, 5.74) is -0.929. The first-order valence-corrected chi connectivity index (χ1v) is 6.75. The van der Waals surface area contributed by atoms with Gasteiger partial charge in [0.2, 0.25) is 5.88 Å². The number of anilines is 1. The summed E-state index contributed by atoms with van der Waals surface area (Å²) in [6.07, 6.45) is -1.96. The molecule has 0 aliphatic carbocycles. The highest BCUT2D eigenvalue weighted by Gasteiger charge is 2.34. The molecule has 2 heterocycles. The van der Waals surface area contributed by atoms with Gasteiger partial charge in [0.15, 0.2) is 5.82 Å². The molecule has 0 bridgehead atoms. The van der Waals surface area contributed by atoms with E-state index in [4.69, 9.17) is 21.1 Å². The fourth-order valence-corrected chi connectivity index (χ4v) is 1.77. The number of nitrogens with one attached hydrogen (secondary N) is 1. The Kier molecular flexibility index (Phi) is 5.43. The summed E-state index contributed by atoms with van der Waals surface area (Å²) in [5, 5.41) is 3.07. The Labute approximate surface area is 134 Å². The SMILES string of the molecule is COc1ncc(Cl)c(NCCOc2ncccc2C(F)(F)F)n1. The predicted octanol–water partition coefficient (Wildman–Crippen LogP) is 3.04. The first-order chi connectivity index (χ1) is 10.9. The van der Waals surface area contributed by atoms with Gasteiger partial charge in [0.25, 0.3) is 0 Å². The number of methoxy groups -OCH3 is 1. The summed E-state index contributed by atoms with van der Waals surface area (Å²) in [7, 11) is 1.40. The van der Waals surface area contributed by atoms with Gasteiger partial charge in [-0.05, 0) is 12.1 Å². The fraction of sp³-hybridized carbons (Fsp3) is 0.308. The topological polar surface area (TPSA) is 69.2 Å². The molecule has 0 amide bonds. The minimum absolute atomic E-state index is 0.0667. The number of hydrogen-bond donors (Lipinski definition) is 1. The lowest BCUT2D eigenvalue weighted by Crippen LogP contribution is -2.16. The molecule has 0 saturated carbocycles. The molecule has 2 aromatic heterocycles. The van der Waals surface area contributed by atoms with Crippen LogP contribution in [0.4, 0.5) is 19.0 Å². The monoisotopic (exact) mass is 348 g/mol. The van der Waals surface area contributed by atoms with E-state index in [9.17, 15) is 13.2 Å². The first kappa shape index (κ1) is 17.1. The molecule has 0 aliphatic rings. The number of aromatic nitrogens is 3. The predicted molar refractivity (Wildman–Crippen MR) is 76.8 cm³/mol. The van der Waals surface area contributed by atoms with E-state index in [0.717, 1.165) is 6.07 Å². The van der Waals surface area contributed by atoms with Gasteiger partial charge >= 0.3 is 12.2 Å². The third-order valence-electron chi connectivity index (χ3n) is 2.61. The first-order valence-electron chi connectivity index (χ1n) is 6.37. The largest absolute Gasteiger partial charge is 0.475 e. The second-order valence-corrected chi connectivity index (χ2v) is 4.59. The van der Waals surface area contributed by atoms with E-state index >= 15 is 0 Å². The van der Waals surface area contributed by atoms with Gasteiger partial charge < -0.3 is 14.8 Å². The van der Waals surface area contributed by atoms with Crippen LogP contribution in [0.3, 0.4) is 0 Å². The van der Waals surface area contributed by atoms with Gasteiger partial charge in [-0.3, -0.25) is 0 Å². The van der Waals surface area contributed by atoms with Crippen LogP contribution in [-0.4, -0.2) is 35.2 Å². The molecular weight excluding hydrogens is 337 g/mol. The number of pyridine rings is 1. The van der Waals surface area contributed by atoms with E-state index in [-0.39, 0.29) is 24.2 Å². The number of nitrogens with zero attached hydrogens (tertiary/aromatic N) is 3. The van der Waals surface area contributed by atoms with Crippen molar-refractivity contribution < 1.29 is 22.6 Å². The van der Waals surface area contributed by atoms with Gasteiger partial charge in [-0.2, -0.15) is 18.2 Å². The zero-order valence-electron chi connectivity index (χ0n) is 11.9. The smallest absolute Gasteiger partial charge is 0.421 e. The van der Waals surface area contributed by atoms with Crippen molar-refractivity contribution in [1.82, 2.24) is 15.0 Å². The minimum atomic E-state index is -4.53. The van der Waals surface area contributed by atoms with Crippen molar-refractivity contribution in [2.75, 3.05) is 25.6 Å². The number of ether oxygens (including phenoxy) is 2. The molecule has 0 aromatic carbocycles. The lowest BCUT2D eigenvalue weighted by molar-refractivity contribution is -0.139. The van der Waals surface area contributed by atoms with Gasteiger partial charge in [-0.15, -0.1) is 0 Å². The van der Waals surface area contributed by atoms with E-state index < -0.39 is 17.6 Å². The van der Waals surface area contributed by atoms with Crippen LogP contribution in [0.1, 0.15) is 5.56 Å². The second-order valence-electron chi connectivity index (χ2n) is 4.18. The Hall–Kier alpha value is -2.29. The zero-order valence-corrected chi connectivity index (χ0v) is 12.6. The number of rotatable bonds is 6. The van der Waals surface area contributed by atoms with Crippen LogP contribution < -0.4 is 14.8 Å². The molecule has 0 unspecified atom stereocenters. The molecule has 0 radical (unpaired) electrons. The number of halogens is 4. The molecule has 23 heavy (non-hydrogen) atoms. The molecule has 0 aliphatic heterocycles. The van der Waals surface area contributed by atoms with Crippen LogP contribution in [-0.2, 0) is 6.18 Å². The lowest BCUT2D eigenvalue weighted by Gasteiger charge is -2.13. The highest BCUT2D eigenvalue weighted by atomic mass is 35.5. The molecule has 2 aromatic rings. The average molecular weight is 349 g/mol. The summed E-state index contributed by atoms with van der Waals surface area (Å²) in [5.74, 6) is -0.188. The van der Waals surface area contributed by atoms with E-state index in [2.05, 4.69) is 20.3 Å².